The Morgan fingerprint density at radius 2 is 2.09 bits per heavy atom. The number of carbonyl (C=O) groups excluding carboxylic acids is 1. The maximum absolute atomic E-state index is 12.5. The van der Waals surface area contributed by atoms with E-state index in [0.29, 0.717) is 11.7 Å². The van der Waals surface area contributed by atoms with Crippen LogP contribution in [-0.4, -0.2) is 20.7 Å². The van der Waals surface area contributed by atoms with Gasteiger partial charge < -0.3 is 5.32 Å². The van der Waals surface area contributed by atoms with Gasteiger partial charge in [0.2, 0.25) is 0 Å². The van der Waals surface area contributed by atoms with Gasteiger partial charge in [-0.25, -0.2) is 4.68 Å². The summed E-state index contributed by atoms with van der Waals surface area (Å²) in [6.07, 6.45) is 0.254. The first kappa shape index (κ1) is 15.5. The van der Waals surface area contributed by atoms with Gasteiger partial charge in [-0.05, 0) is 37.8 Å². The van der Waals surface area contributed by atoms with Crippen LogP contribution in [0.3, 0.4) is 0 Å². The van der Waals surface area contributed by atoms with Crippen molar-refractivity contribution < 1.29 is 18.0 Å². The molecule has 2 aromatic heterocycles. The average molecular weight is 324 g/mol. The Labute approximate surface area is 130 Å². The molecule has 0 bridgehead atoms. The summed E-state index contributed by atoms with van der Waals surface area (Å²) in [5.41, 5.74) is -0.966. The molecule has 0 aromatic carbocycles. The van der Waals surface area contributed by atoms with Crippen LogP contribution in [0.4, 0.5) is 19.0 Å². The monoisotopic (exact) mass is 324 g/mol. The Hall–Kier alpha value is -2.38. The van der Waals surface area contributed by atoms with Gasteiger partial charge in [0.25, 0.3) is 5.91 Å². The fourth-order valence-electron chi connectivity index (χ4n) is 2.40. The molecule has 122 valence electrons. The van der Waals surface area contributed by atoms with Crippen LogP contribution < -0.4 is 5.32 Å². The maximum atomic E-state index is 12.5. The van der Waals surface area contributed by atoms with E-state index in [9.17, 15) is 18.0 Å². The molecule has 1 N–H and O–H groups in total. The number of anilines is 1. The number of rotatable bonds is 4. The number of aromatic nitrogens is 3. The first-order chi connectivity index (χ1) is 10.9. The van der Waals surface area contributed by atoms with E-state index in [-0.39, 0.29) is 11.6 Å². The van der Waals surface area contributed by atoms with Crippen molar-refractivity contribution in [3.05, 3.63) is 41.9 Å². The second kappa shape index (κ2) is 5.68. The molecular weight excluding hydrogens is 309 g/mol. The van der Waals surface area contributed by atoms with Crippen molar-refractivity contribution in [1.82, 2.24) is 14.8 Å². The summed E-state index contributed by atoms with van der Waals surface area (Å²) < 4.78 is 39.2. The molecule has 1 fully saturated rings. The van der Waals surface area contributed by atoms with Gasteiger partial charge in [0.1, 0.15) is 11.5 Å². The van der Waals surface area contributed by atoms with Crippen LogP contribution in [0, 0.1) is 5.92 Å². The number of amides is 1. The van der Waals surface area contributed by atoms with E-state index >= 15 is 0 Å². The Bertz CT molecular complexity index is 704. The van der Waals surface area contributed by atoms with Crippen molar-refractivity contribution in [2.75, 3.05) is 5.32 Å². The Balaban J connectivity index is 1.73. The molecule has 1 aliphatic rings. The highest BCUT2D eigenvalue weighted by molar-refractivity contribution is 6.03. The number of hydrogen-bond acceptors (Lipinski definition) is 3. The Morgan fingerprint density at radius 3 is 2.65 bits per heavy atom. The topological polar surface area (TPSA) is 59.8 Å². The van der Waals surface area contributed by atoms with Crippen LogP contribution in [0.15, 0.2) is 30.6 Å². The molecule has 2 heterocycles. The largest absolute Gasteiger partial charge is 0.433 e. The number of pyridine rings is 1. The minimum atomic E-state index is -4.52. The third-order valence-electron chi connectivity index (χ3n) is 3.92. The van der Waals surface area contributed by atoms with Crippen molar-refractivity contribution in [2.45, 2.75) is 32.0 Å². The van der Waals surface area contributed by atoms with Crippen LogP contribution in [0.25, 0.3) is 0 Å². The molecule has 2 aromatic rings. The molecule has 1 unspecified atom stereocenters. The minimum absolute atomic E-state index is 0.0600. The van der Waals surface area contributed by atoms with Crippen LogP contribution in [0.2, 0.25) is 0 Å². The number of hydrogen-bond donors (Lipinski definition) is 1. The van der Waals surface area contributed by atoms with Crippen molar-refractivity contribution >= 4 is 11.7 Å². The summed E-state index contributed by atoms with van der Waals surface area (Å²) in [5.74, 6) is 0.559. The zero-order chi connectivity index (χ0) is 16.6. The fraction of sp³-hybridized carbons (Fsp3) is 0.400. The molecule has 23 heavy (non-hydrogen) atoms. The summed E-state index contributed by atoms with van der Waals surface area (Å²) in [7, 11) is 0. The summed E-state index contributed by atoms with van der Waals surface area (Å²) in [6, 6.07) is 3.73. The number of nitrogens with one attached hydrogen (secondary N) is 1. The summed E-state index contributed by atoms with van der Waals surface area (Å²) in [5, 5.41) is 6.88. The van der Waals surface area contributed by atoms with Gasteiger partial charge in [-0.2, -0.15) is 18.3 Å². The van der Waals surface area contributed by atoms with Gasteiger partial charge in [-0.3, -0.25) is 9.78 Å². The number of carbonyl (C=O) groups is 1. The SMILES string of the molecule is CC(C1CC1)n1nccc1NC(=O)c1ccc(C(F)(F)F)nc1. The van der Waals surface area contributed by atoms with E-state index in [1.165, 1.54) is 0 Å². The quantitative estimate of drug-likeness (QED) is 0.936. The van der Waals surface area contributed by atoms with E-state index in [0.717, 1.165) is 31.2 Å². The lowest BCUT2D eigenvalue weighted by molar-refractivity contribution is -0.141. The average Bonchev–Trinajstić information content (AvgIpc) is 3.26. The molecule has 8 heteroatoms. The van der Waals surface area contributed by atoms with Gasteiger partial charge in [0.05, 0.1) is 17.8 Å². The molecule has 1 saturated carbocycles. The highest BCUT2D eigenvalue weighted by Gasteiger charge is 2.33. The Morgan fingerprint density at radius 1 is 1.35 bits per heavy atom. The van der Waals surface area contributed by atoms with Gasteiger partial charge in [0.15, 0.2) is 0 Å². The van der Waals surface area contributed by atoms with E-state index in [2.05, 4.69) is 15.4 Å². The number of nitrogens with zero attached hydrogens (tertiary/aromatic N) is 3. The maximum Gasteiger partial charge on any atom is 0.433 e. The number of alkyl halides is 3. The zero-order valence-electron chi connectivity index (χ0n) is 12.3. The van der Waals surface area contributed by atoms with Crippen LogP contribution >= 0.6 is 0 Å². The summed E-state index contributed by atoms with van der Waals surface area (Å²) >= 11 is 0. The van der Waals surface area contributed by atoms with Gasteiger partial charge in [-0.15, -0.1) is 0 Å². The predicted molar refractivity (Wildman–Crippen MR) is 76.9 cm³/mol. The lowest BCUT2D eigenvalue weighted by Gasteiger charge is -2.15. The van der Waals surface area contributed by atoms with E-state index in [4.69, 9.17) is 0 Å². The van der Waals surface area contributed by atoms with E-state index in [1.807, 2.05) is 6.92 Å². The molecule has 1 aliphatic carbocycles. The molecule has 0 radical (unpaired) electrons. The minimum Gasteiger partial charge on any atom is -0.307 e. The van der Waals surface area contributed by atoms with Gasteiger partial charge in [0, 0.05) is 12.3 Å². The van der Waals surface area contributed by atoms with Crippen molar-refractivity contribution in [2.24, 2.45) is 5.92 Å². The van der Waals surface area contributed by atoms with Crippen molar-refractivity contribution in [1.29, 1.82) is 0 Å². The Kier molecular flexibility index (Phi) is 3.83. The molecular formula is C15H15F3N4O. The third kappa shape index (κ3) is 3.35. The highest BCUT2D eigenvalue weighted by Crippen LogP contribution is 2.40. The smallest absolute Gasteiger partial charge is 0.307 e. The van der Waals surface area contributed by atoms with Crippen molar-refractivity contribution in [3.8, 4) is 0 Å². The van der Waals surface area contributed by atoms with Crippen LogP contribution in [0.5, 0.6) is 0 Å². The van der Waals surface area contributed by atoms with E-state index < -0.39 is 17.8 Å². The van der Waals surface area contributed by atoms with Crippen LogP contribution in [0.1, 0.15) is 41.9 Å². The molecule has 1 atom stereocenters. The first-order valence-electron chi connectivity index (χ1n) is 7.24. The molecule has 0 aliphatic heterocycles. The molecule has 5 nitrogen and oxygen atoms in total. The molecule has 0 saturated heterocycles. The second-order valence-electron chi connectivity index (χ2n) is 5.62. The van der Waals surface area contributed by atoms with Crippen LogP contribution in [-0.2, 0) is 6.18 Å². The lowest BCUT2D eigenvalue weighted by atomic mass is 10.2. The summed E-state index contributed by atoms with van der Waals surface area (Å²) in [6.45, 7) is 2.03. The molecule has 3 rings (SSSR count). The third-order valence-corrected chi connectivity index (χ3v) is 3.92. The lowest BCUT2D eigenvalue weighted by Crippen LogP contribution is -2.19. The zero-order valence-corrected chi connectivity index (χ0v) is 12.3. The van der Waals surface area contributed by atoms with Gasteiger partial charge >= 0.3 is 6.18 Å². The summed E-state index contributed by atoms with van der Waals surface area (Å²) in [4.78, 5) is 15.4. The normalized spacial score (nSPS) is 16.2. The van der Waals surface area contributed by atoms with E-state index in [1.54, 1.807) is 16.9 Å². The number of halogens is 3. The first-order valence-corrected chi connectivity index (χ1v) is 7.24. The van der Waals surface area contributed by atoms with Crippen molar-refractivity contribution in [3.63, 3.8) is 0 Å². The fourth-order valence-corrected chi connectivity index (χ4v) is 2.40. The highest BCUT2D eigenvalue weighted by atomic mass is 19.4. The molecule has 0 spiro atoms. The standard InChI is InChI=1S/C15H15F3N4O/c1-9(10-2-3-10)22-13(6-7-20-22)21-14(23)11-4-5-12(19-8-11)15(16,17)18/h4-10H,2-3H2,1H3,(H,21,23). The predicted octanol–water partition coefficient (Wildman–Crippen LogP) is 3.52. The second-order valence-corrected chi connectivity index (χ2v) is 5.62. The van der Waals surface area contributed by atoms with Gasteiger partial charge in [-0.1, -0.05) is 0 Å². The molecule has 1 amide bonds.